The Morgan fingerprint density at radius 1 is 1.19 bits per heavy atom. The number of piperazine rings is 1. The molecule has 1 aromatic carbocycles. The van der Waals surface area contributed by atoms with Gasteiger partial charge in [-0.15, -0.1) is 0 Å². The van der Waals surface area contributed by atoms with Crippen molar-refractivity contribution in [3.05, 3.63) is 45.8 Å². The molecule has 0 aliphatic carbocycles. The smallest absolute Gasteiger partial charge is 0.282 e. The van der Waals surface area contributed by atoms with Crippen LogP contribution in [0.15, 0.2) is 28.8 Å². The van der Waals surface area contributed by atoms with Gasteiger partial charge in [-0.3, -0.25) is 4.79 Å². The van der Waals surface area contributed by atoms with Crippen LogP contribution in [0.25, 0.3) is 0 Å². The molecule has 0 bridgehead atoms. The van der Waals surface area contributed by atoms with Crippen LogP contribution >= 0.6 is 23.2 Å². The van der Waals surface area contributed by atoms with Gasteiger partial charge in [0.15, 0.2) is 6.04 Å². The minimum absolute atomic E-state index is 0.0195. The summed E-state index contributed by atoms with van der Waals surface area (Å²) in [5.74, 6) is 0.823. The molecule has 3 rings (SSSR count). The second-order valence-corrected chi connectivity index (χ2v) is 7.76. The van der Waals surface area contributed by atoms with Crippen LogP contribution in [0.1, 0.15) is 18.4 Å². The summed E-state index contributed by atoms with van der Waals surface area (Å²) in [5, 5.41) is 8.00. The standard InChI is InChI=1S/C18H22Cl2N4O2/c1-12-7-17(22-26-12)11-23-3-5-24(6-4-23)13(2)18(25)21-16-9-14(19)8-15(20)10-16/h7-10,13H,3-6,11H2,1-2H3,(H,21,25)/p+2/t13-/m1/s1. The Balaban J connectivity index is 1.51. The maximum Gasteiger partial charge on any atom is 0.282 e. The van der Waals surface area contributed by atoms with Crippen molar-refractivity contribution in [3.63, 3.8) is 0 Å². The van der Waals surface area contributed by atoms with E-state index in [0.29, 0.717) is 15.7 Å². The normalized spacial score (nSPS) is 21.4. The molecule has 0 spiro atoms. The van der Waals surface area contributed by atoms with E-state index >= 15 is 0 Å². The van der Waals surface area contributed by atoms with Gasteiger partial charge in [-0.2, -0.15) is 0 Å². The number of nitrogens with zero attached hydrogens (tertiary/aromatic N) is 1. The van der Waals surface area contributed by atoms with Crippen LogP contribution < -0.4 is 15.1 Å². The average Bonchev–Trinajstić information content (AvgIpc) is 2.99. The predicted octanol–water partition coefficient (Wildman–Crippen LogP) is 0.600. The van der Waals surface area contributed by atoms with E-state index < -0.39 is 0 Å². The second kappa shape index (κ2) is 8.39. The highest BCUT2D eigenvalue weighted by Gasteiger charge is 2.31. The van der Waals surface area contributed by atoms with Gasteiger partial charge >= 0.3 is 0 Å². The van der Waals surface area contributed by atoms with Crippen LogP contribution in [0, 0.1) is 6.92 Å². The first kappa shape index (κ1) is 19.2. The zero-order valence-corrected chi connectivity index (χ0v) is 16.5. The summed E-state index contributed by atoms with van der Waals surface area (Å²) in [6.07, 6.45) is 0. The molecule has 0 saturated carbocycles. The van der Waals surface area contributed by atoms with E-state index in [2.05, 4.69) is 10.5 Å². The number of nitrogens with one attached hydrogen (secondary N) is 3. The van der Waals surface area contributed by atoms with Crippen LogP contribution in [0.2, 0.25) is 10.0 Å². The summed E-state index contributed by atoms with van der Waals surface area (Å²) in [7, 11) is 0. The fourth-order valence-electron chi connectivity index (χ4n) is 3.35. The monoisotopic (exact) mass is 398 g/mol. The molecule has 1 saturated heterocycles. The van der Waals surface area contributed by atoms with Gasteiger partial charge in [0.1, 0.15) is 44.2 Å². The minimum atomic E-state index is -0.136. The molecule has 1 atom stereocenters. The molecule has 1 aliphatic rings. The lowest BCUT2D eigenvalue weighted by Crippen LogP contribution is -3.29. The molecule has 3 N–H and O–H groups in total. The number of anilines is 1. The Morgan fingerprint density at radius 3 is 2.42 bits per heavy atom. The zero-order valence-electron chi connectivity index (χ0n) is 14.9. The molecule has 8 heteroatoms. The number of benzene rings is 1. The van der Waals surface area contributed by atoms with Gasteiger partial charge in [0, 0.05) is 21.8 Å². The highest BCUT2D eigenvalue weighted by atomic mass is 35.5. The van der Waals surface area contributed by atoms with Gasteiger partial charge in [0.2, 0.25) is 0 Å². The second-order valence-electron chi connectivity index (χ2n) is 6.88. The van der Waals surface area contributed by atoms with E-state index in [0.717, 1.165) is 44.2 Å². The number of carbonyl (C=O) groups is 1. The molecule has 1 aliphatic heterocycles. The van der Waals surface area contributed by atoms with Crippen molar-refractivity contribution in [1.82, 2.24) is 5.16 Å². The number of aryl methyl sites for hydroxylation is 1. The number of hydrogen-bond donors (Lipinski definition) is 3. The topological polar surface area (TPSA) is 64.0 Å². The molecule has 1 amide bonds. The molecule has 0 radical (unpaired) electrons. The van der Waals surface area contributed by atoms with E-state index in [4.69, 9.17) is 27.7 Å². The minimum Gasteiger partial charge on any atom is -0.361 e. The van der Waals surface area contributed by atoms with E-state index in [1.807, 2.05) is 19.9 Å². The number of aromatic nitrogens is 1. The maximum absolute atomic E-state index is 12.6. The molecule has 2 heterocycles. The molecule has 1 fully saturated rings. The third-order valence-electron chi connectivity index (χ3n) is 4.84. The number of amides is 1. The van der Waals surface area contributed by atoms with Crippen molar-refractivity contribution in [1.29, 1.82) is 0 Å². The zero-order chi connectivity index (χ0) is 18.7. The van der Waals surface area contributed by atoms with Crippen LogP contribution in [-0.2, 0) is 11.3 Å². The van der Waals surface area contributed by atoms with Crippen LogP contribution in [-0.4, -0.2) is 43.3 Å². The molecule has 2 aromatic rings. The van der Waals surface area contributed by atoms with E-state index in [9.17, 15) is 4.79 Å². The first-order chi connectivity index (χ1) is 12.4. The Bertz CT molecular complexity index is 752. The SMILES string of the molecule is Cc1cc(C[NH+]2CC[NH+]([C@H](C)C(=O)Nc3cc(Cl)cc(Cl)c3)CC2)no1. The summed E-state index contributed by atoms with van der Waals surface area (Å²) in [6.45, 7) is 8.62. The van der Waals surface area contributed by atoms with Gasteiger partial charge in [0.25, 0.3) is 5.91 Å². The largest absolute Gasteiger partial charge is 0.361 e. The number of halogens is 2. The maximum atomic E-state index is 12.6. The van der Waals surface area contributed by atoms with Gasteiger partial charge in [-0.05, 0) is 32.0 Å². The van der Waals surface area contributed by atoms with Gasteiger partial charge in [-0.25, -0.2) is 0 Å². The van der Waals surface area contributed by atoms with Crippen molar-refractivity contribution >= 4 is 34.8 Å². The van der Waals surface area contributed by atoms with Gasteiger partial charge in [0.05, 0.1) is 0 Å². The first-order valence-corrected chi connectivity index (χ1v) is 9.53. The molecule has 6 nitrogen and oxygen atoms in total. The summed E-state index contributed by atoms with van der Waals surface area (Å²) >= 11 is 12.0. The fourth-order valence-corrected chi connectivity index (χ4v) is 3.88. The predicted molar refractivity (Wildman–Crippen MR) is 101 cm³/mol. The molecular formula is C18H24Cl2N4O2+2. The number of carbonyl (C=O) groups excluding carboxylic acids is 1. The number of quaternary nitrogens is 2. The Kier molecular flexibility index (Phi) is 6.19. The Morgan fingerprint density at radius 2 is 1.85 bits per heavy atom. The van der Waals surface area contributed by atoms with E-state index in [1.165, 1.54) is 9.80 Å². The van der Waals surface area contributed by atoms with Crippen molar-refractivity contribution in [2.75, 3.05) is 31.5 Å². The average molecular weight is 399 g/mol. The van der Waals surface area contributed by atoms with Crippen molar-refractivity contribution in [3.8, 4) is 0 Å². The van der Waals surface area contributed by atoms with Crippen LogP contribution in [0.3, 0.4) is 0 Å². The summed E-state index contributed by atoms with van der Waals surface area (Å²) < 4.78 is 5.13. The van der Waals surface area contributed by atoms with Crippen LogP contribution in [0.5, 0.6) is 0 Å². The third-order valence-corrected chi connectivity index (χ3v) is 5.28. The quantitative estimate of drug-likeness (QED) is 0.690. The molecule has 26 heavy (non-hydrogen) atoms. The van der Waals surface area contributed by atoms with Crippen molar-refractivity contribution in [2.24, 2.45) is 0 Å². The highest BCUT2D eigenvalue weighted by Crippen LogP contribution is 2.22. The summed E-state index contributed by atoms with van der Waals surface area (Å²) in [6, 6.07) is 6.90. The van der Waals surface area contributed by atoms with Crippen molar-refractivity contribution in [2.45, 2.75) is 26.4 Å². The lowest BCUT2D eigenvalue weighted by Gasteiger charge is -2.32. The lowest BCUT2D eigenvalue weighted by atomic mass is 10.2. The van der Waals surface area contributed by atoms with E-state index in [1.54, 1.807) is 18.2 Å². The van der Waals surface area contributed by atoms with E-state index in [-0.39, 0.29) is 11.9 Å². The molecular weight excluding hydrogens is 375 g/mol. The third kappa shape index (κ3) is 4.98. The molecule has 140 valence electrons. The Hall–Kier alpha value is -1.60. The highest BCUT2D eigenvalue weighted by molar-refractivity contribution is 6.35. The van der Waals surface area contributed by atoms with Crippen molar-refractivity contribution < 1.29 is 19.1 Å². The number of hydrogen-bond acceptors (Lipinski definition) is 3. The van der Waals surface area contributed by atoms with Gasteiger partial charge < -0.3 is 19.6 Å². The molecule has 1 aromatic heterocycles. The van der Waals surface area contributed by atoms with Crippen LogP contribution in [0.4, 0.5) is 5.69 Å². The first-order valence-electron chi connectivity index (χ1n) is 8.78. The number of rotatable bonds is 5. The fraction of sp³-hybridized carbons (Fsp3) is 0.444. The summed E-state index contributed by atoms with van der Waals surface area (Å²) in [4.78, 5) is 15.3. The lowest BCUT2D eigenvalue weighted by molar-refractivity contribution is -1.02. The summed E-state index contributed by atoms with van der Waals surface area (Å²) in [5.41, 5.74) is 1.62. The molecule has 0 unspecified atom stereocenters. The Labute approximate surface area is 163 Å². The van der Waals surface area contributed by atoms with Gasteiger partial charge in [-0.1, -0.05) is 28.4 Å².